The van der Waals surface area contributed by atoms with Crippen molar-refractivity contribution >= 4 is 21.8 Å². The van der Waals surface area contributed by atoms with Crippen molar-refractivity contribution < 1.29 is 14.3 Å². The molecule has 0 N–H and O–H groups in total. The number of likely N-dealkylation sites (N-methyl/N-ethyl adjacent to an activating group) is 1. The molecule has 116 valence electrons. The first-order valence-corrected chi connectivity index (χ1v) is 7.75. The topological polar surface area (TPSA) is 38.8 Å². The Hall–Kier alpha value is -2.01. The second-order valence-corrected chi connectivity index (χ2v) is 5.55. The molecule has 0 bridgehead atoms. The van der Waals surface area contributed by atoms with Crippen LogP contribution in [0.15, 0.2) is 59.1 Å². The van der Waals surface area contributed by atoms with E-state index in [1.54, 1.807) is 11.9 Å². The fourth-order valence-corrected chi connectivity index (χ4v) is 2.15. The second kappa shape index (κ2) is 8.44. The smallest absolute Gasteiger partial charge is 0.260 e. The lowest BCUT2D eigenvalue weighted by Crippen LogP contribution is -2.34. The van der Waals surface area contributed by atoms with E-state index in [0.29, 0.717) is 18.9 Å². The summed E-state index contributed by atoms with van der Waals surface area (Å²) in [5.41, 5.74) is 0. The lowest BCUT2D eigenvalue weighted by atomic mass is 10.3. The summed E-state index contributed by atoms with van der Waals surface area (Å²) in [7, 11) is 1.74. The summed E-state index contributed by atoms with van der Waals surface area (Å²) in [6.45, 7) is 0.957. The van der Waals surface area contributed by atoms with Gasteiger partial charge in [-0.2, -0.15) is 0 Å². The molecule has 0 saturated carbocycles. The molecule has 0 atom stereocenters. The van der Waals surface area contributed by atoms with Crippen molar-refractivity contribution in [3.63, 3.8) is 0 Å². The third kappa shape index (κ3) is 5.07. The number of para-hydroxylation sites is 2. The highest BCUT2D eigenvalue weighted by Crippen LogP contribution is 2.23. The van der Waals surface area contributed by atoms with Gasteiger partial charge in [0.25, 0.3) is 5.91 Å². The van der Waals surface area contributed by atoms with Crippen LogP contribution in [0.2, 0.25) is 0 Å². The van der Waals surface area contributed by atoms with Gasteiger partial charge in [0.15, 0.2) is 6.61 Å². The van der Waals surface area contributed by atoms with Crippen molar-refractivity contribution in [1.82, 2.24) is 4.90 Å². The zero-order valence-corrected chi connectivity index (χ0v) is 14.0. The van der Waals surface area contributed by atoms with Gasteiger partial charge >= 0.3 is 0 Å². The number of carbonyl (C=O) groups excluding carboxylic acids is 1. The average Bonchev–Trinajstić information content (AvgIpc) is 2.54. The van der Waals surface area contributed by atoms with E-state index in [-0.39, 0.29) is 12.5 Å². The number of carbonyl (C=O) groups is 1. The molecule has 0 aliphatic heterocycles. The first kappa shape index (κ1) is 16.4. The van der Waals surface area contributed by atoms with Crippen LogP contribution in [-0.4, -0.2) is 37.6 Å². The minimum atomic E-state index is -0.0904. The fourth-order valence-electron chi connectivity index (χ4n) is 1.75. The van der Waals surface area contributed by atoms with Crippen LogP contribution in [0.3, 0.4) is 0 Å². The zero-order chi connectivity index (χ0) is 15.8. The van der Waals surface area contributed by atoms with Gasteiger partial charge in [-0.25, -0.2) is 0 Å². The second-order valence-electron chi connectivity index (χ2n) is 4.70. The van der Waals surface area contributed by atoms with Crippen molar-refractivity contribution in [2.24, 2.45) is 0 Å². The largest absolute Gasteiger partial charge is 0.492 e. The highest BCUT2D eigenvalue weighted by Gasteiger charge is 2.10. The Kier molecular flexibility index (Phi) is 6.27. The first-order valence-electron chi connectivity index (χ1n) is 6.96. The molecule has 0 unspecified atom stereocenters. The molecule has 0 aliphatic carbocycles. The SMILES string of the molecule is CN(CCOc1ccccc1)C(=O)COc1ccccc1Br. The normalized spacial score (nSPS) is 10.1. The molecule has 2 rings (SSSR count). The molecule has 4 nitrogen and oxygen atoms in total. The summed E-state index contributed by atoms with van der Waals surface area (Å²) in [4.78, 5) is 13.6. The molecule has 5 heteroatoms. The van der Waals surface area contributed by atoms with Crippen LogP contribution in [0, 0.1) is 0 Å². The molecule has 2 aromatic carbocycles. The van der Waals surface area contributed by atoms with Crippen molar-refractivity contribution in [1.29, 1.82) is 0 Å². The van der Waals surface area contributed by atoms with Crippen molar-refractivity contribution in [3.05, 3.63) is 59.1 Å². The summed E-state index contributed by atoms with van der Waals surface area (Å²) in [6.07, 6.45) is 0. The van der Waals surface area contributed by atoms with E-state index in [0.717, 1.165) is 10.2 Å². The molecule has 0 radical (unpaired) electrons. The summed E-state index contributed by atoms with van der Waals surface area (Å²) in [5.74, 6) is 1.37. The van der Waals surface area contributed by atoms with Gasteiger partial charge in [-0.15, -0.1) is 0 Å². The monoisotopic (exact) mass is 363 g/mol. The molecular weight excluding hydrogens is 346 g/mol. The van der Waals surface area contributed by atoms with Gasteiger partial charge in [0.2, 0.25) is 0 Å². The Morgan fingerprint density at radius 2 is 1.73 bits per heavy atom. The number of hydrogen-bond donors (Lipinski definition) is 0. The Bertz CT molecular complexity index is 604. The van der Waals surface area contributed by atoms with E-state index >= 15 is 0 Å². The van der Waals surface area contributed by atoms with Gasteiger partial charge in [0.05, 0.1) is 11.0 Å². The molecule has 0 heterocycles. The maximum atomic E-state index is 12.0. The zero-order valence-electron chi connectivity index (χ0n) is 12.4. The molecule has 2 aromatic rings. The Morgan fingerprint density at radius 3 is 2.45 bits per heavy atom. The molecule has 22 heavy (non-hydrogen) atoms. The Morgan fingerprint density at radius 1 is 1.05 bits per heavy atom. The van der Waals surface area contributed by atoms with Crippen LogP contribution in [0.4, 0.5) is 0 Å². The van der Waals surface area contributed by atoms with E-state index in [9.17, 15) is 4.79 Å². The van der Waals surface area contributed by atoms with E-state index < -0.39 is 0 Å². The van der Waals surface area contributed by atoms with E-state index in [4.69, 9.17) is 9.47 Å². The third-order valence-electron chi connectivity index (χ3n) is 3.05. The molecule has 0 aliphatic rings. The molecule has 1 amide bonds. The summed E-state index contributed by atoms with van der Waals surface area (Å²) in [5, 5.41) is 0. The standard InChI is InChI=1S/C17H18BrNO3/c1-19(11-12-21-14-7-3-2-4-8-14)17(20)13-22-16-10-6-5-9-15(16)18/h2-10H,11-13H2,1H3. The van der Waals surface area contributed by atoms with Gasteiger partial charge in [0.1, 0.15) is 18.1 Å². The molecule has 0 aromatic heterocycles. The van der Waals surface area contributed by atoms with Crippen LogP contribution >= 0.6 is 15.9 Å². The highest BCUT2D eigenvalue weighted by atomic mass is 79.9. The lowest BCUT2D eigenvalue weighted by Gasteiger charge is -2.18. The molecule has 0 spiro atoms. The number of halogens is 1. The highest BCUT2D eigenvalue weighted by molar-refractivity contribution is 9.10. The summed E-state index contributed by atoms with van der Waals surface area (Å²) in [6, 6.07) is 17.0. The van der Waals surface area contributed by atoms with E-state index in [2.05, 4.69) is 15.9 Å². The Labute approximate surface area is 138 Å². The van der Waals surface area contributed by atoms with Crippen LogP contribution in [0.5, 0.6) is 11.5 Å². The van der Waals surface area contributed by atoms with Crippen LogP contribution in [-0.2, 0) is 4.79 Å². The van der Waals surface area contributed by atoms with Crippen molar-refractivity contribution in [3.8, 4) is 11.5 Å². The lowest BCUT2D eigenvalue weighted by molar-refractivity contribution is -0.132. The fraction of sp³-hybridized carbons (Fsp3) is 0.235. The quantitative estimate of drug-likeness (QED) is 0.756. The number of hydrogen-bond acceptors (Lipinski definition) is 3. The average molecular weight is 364 g/mol. The predicted octanol–water partition coefficient (Wildman–Crippen LogP) is 3.37. The van der Waals surface area contributed by atoms with Gasteiger partial charge < -0.3 is 14.4 Å². The number of ether oxygens (including phenoxy) is 2. The third-order valence-corrected chi connectivity index (χ3v) is 3.71. The van der Waals surface area contributed by atoms with Crippen LogP contribution in [0.25, 0.3) is 0 Å². The molecule has 0 fully saturated rings. The minimum Gasteiger partial charge on any atom is -0.492 e. The van der Waals surface area contributed by atoms with Gasteiger partial charge in [-0.05, 0) is 40.2 Å². The van der Waals surface area contributed by atoms with Crippen molar-refractivity contribution in [2.75, 3.05) is 26.8 Å². The maximum absolute atomic E-state index is 12.0. The first-order chi connectivity index (χ1) is 10.7. The van der Waals surface area contributed by atoms with Crippen LogP contribution in [0.1, 0.15) is 0 Å². The number of rotatable bonds is 7. The number of nitrogens with zero attached hydrogens (tertiary/aromatic N) is 1. The molecular formula is C17H18BrNO3. The van der Waals surface area contributed by atoms with E-state index in [1.165, 1.54) is 0 Å². The van der Waals surface area contributed by atoms with Gasteiger partial charge in [-0.1, -0.05) is 30.3 Å². The summed E-state index contributed by atoms with van der Waals surface area (Å²) < 4.78 is 11.9. The van der Waals surface area contributed by atoms with E-state index in [1.807, 2.05) is 54.6 Å². The van der Waals surface area contributed by atoms with Gasteiger partial charge in [0, 0.05) is 7.05 Å². The predicted molar refractivity (Wildman–Crippen MR) is 89.2 cm³/mol. The summed E-state index contributed by atoms with van der Waals surface area (Å²) >= 11 is 3.38. The maximum Gasteiger partial charge on any atom is 0.260 e. The Balaban J connectivity index is 1.72. The van der Waals surface area contributed by atoms with Crippen LogP contribution < -0.4 is 9.47 Å². The van der Waals surface area contributed by atoms with Crippen molar-refractivity contribution in [2.45, 2.75) is 0 Å². The van der Waals surface area contributed by atoms with Gasteiger partial charge in [-0.3, -0.25) is 4.79 Å². The number of amides is 1. The minimum absolute atomic E-state index is 0.00441. The molecule has 0 saturated heterocycles. The number of benzene rings is 2.